The maximum Gasteiger partial charge on any atom is 0.331 e. The summed E-state index contributed by atoms with van der Waals surface area (Å²) >= 11 is 0. The van der Waals surface area contributed by atoms with Gasteiger partial charge >= 0.3 is 5.97 Å². The molecule has 1 saturated heterocycles. The number of nitrogens with zero attached hydrogens (tertiary/aromatic N) is 1. The second-order valence-corrected chi connectivity index (χ2v) is 5.97. The number of imide groups is 1. The van der Waals surface area contributed by atoms with Crippen LogP contribution in [0.15, 0.2) is 30.3 Å². The quantitative estimate of drug-likeness (QED) is 0.846. The molecule has 3 atom stereocenters. The van der Waals surface area contributed by atoms with Gasteiger partial charge in [-0.25, -0.2) is 4.79 Å². The SMILES string of the molecule is CC1(C)C2C(=O)N(C(C(=O)O)c3ccccc3)C(=O)C21. The molecule has 0 radical (unpaired) electrons. The molecule has 20 heavy (non-hydrogen) atoms. The van der Waals surface area contributed by atoms with Gasteiger partial charge in [0, 0.05) is 0 Å². The van der Waals surface area contributed by atoms with Crippen LogP contribution in [0.4, 0.5) is 0 Å². The third kappa shape index (κ3) is 1.52. The maximum atomic E-state index is 12.3. The number of hydrogen-bond acceptors (Lipinski definition) is 3. The van der Waals surface area contributed by atoms with E-state index in [-0.39, 0.29) is 29.1 Å². The molecular formula is C15H15NO4. The zero-order valence-corrected chi connectivity index (χ0v) is 11.2. The van der Waals surface area contributed by atoms with Gasteiger partial charge in [-0.2, -0.15) is 0 Å². The van der Waals surface area contributed by atoms with Crippen LogP contribution in [0.25, 0.3) is 0 Å². The number of likely N-dealkylation sites (tertiary alicyclic amines) is 1. The van der Waals surface area contributed by atoms with Crippen LogP contribution < -0.4 is 0 Å². The van der Waals surface area contributed by atoms with Crippen LogP contribution in [0.3, 0.4) is 0 Å². The lowest BCUT2D eigenvalue weighted by Crippen LogP contribution is -2.42. The fourth-order valence-electron chi connectivity index (χ4n) is 3.26. The molecular weight excluding hydrogens is 258 g/mol. The Labute approximate surface area is 116 Å². The molecule has 2 fully saturated rings. The number of carbonyl (C=O) groups excluding carboxylic acids is 2. The van der Waals surface area contributed by atoms with Crippen molar-refractivity contribution in [3.8, 4) is 0 Å². The van der Waals surface area contributed by atoms with Crippen molar-refractivity contribution in [1.82, 2.24) is 4.90 Å². The van der Waals surface area contributed by atoms with Crippen molar-refractivity contribution < 1.29 is 19.5 Å². The summed E-state index contributed by atoms with van der Waals surface area (Å²) in [4.78, 5) is 37.1. The van der Waals surface area contributed by atoms with Crippen molar-refractivity contribution >= 4 is 17.8 Å². The largest absolute Gasteiger partial charge is 0.479 e. The Morgan fingerprint density at radius 2 is 1.65 bits per heavy atom. The van der Waals surface area contributed by atoms with E-state index in [0.29, 0.717) is 5.56 Å². The van der Waals surface area contributed by atoms with Gasteiger partial charge in [-0.05, 0) is 11.0 Å². The molecule has 1 aliphatic carbocycles. The second kappa shape index (κ2) is 3.91. The summed E-state index contributed by atoms with van der Waals surface area (Å²) in [5, 5.41) is 9.41. The minimum atomic E-state index is -1.22. The summed E-state index contributed by atoms with van der Waals surface area (Å²) in [6.45, 7) is 3.74. The average Bonchev–Trinajstić information content (AvgIpc) is 2.86. The van der Waals surface area contributed by atoms with Crippen LogP contribution in [-0.2, 0) is 14.4 Å². The number of carboxylic acid groups (broad SMARTS) is 1. The molecule has 1 saturated carbocycles. The third-order valence-corrected chi connectivity index (χ3v) is 4.44. The number of benzene rings is 1. The van der Waals surface area contributed by atoms with Gasteiger partial charge in [0.1, 0.15) is 0 Å². The molecule has 5 heteroatoms. The number of carbonyl (C=O) groups is 3. The van der Waals surface area contributed by atoms with Crippen molar-refractivity contribution in [2.45, 2.75) is 19.9 Å². The van der Waals surface area contributed by atoms with Crippen molar-refractivity contribution in [3.63, 3.8) is 0 Å². The van der Waals surface area contributed by atoms with Crippen LogP contribution in [0, 0.1) is 17.3 Å². The van der Waals surface area contributed by atoms with Crippen LogP contribution in [-0.4, -0.2) is 27.8 Å². The van der Waals surface area contributed by atoms with Gasteiger partial charge < -0.3 is 5.11 Å². The van der Waals surface area contributed by atoms with E-state index in [0.717, 1.165) is 4.90 Å². The highest BCUT2D eigenvalue weighted by molar-refractivity contribution is 6.12. The fraction of sp³-hybridized carbons (Fsp3) is 0.400. The standard InChI is InChI=1S/C15H15NO4/c1-15(2)9-10(15)13(18)16(12(9)17)11(14(19)20)8-6-4-3-5-7-8/h3-7,9-11H,1-2H3,(H,19,20). The van der Waals surface area contributed by atoms with E-state index >= 15 is 0 Å². The summed E-state index contributed by atoms with van der Waals surface area (Å²) in [5.41, 5.74) is 0.116. The molecule has 1 aromatic rings. The number of carboxylic acids is 1. The van der Waals surface area contributed by atoms with E-state index < -0.39 is 12.0 Å². The monoisotopic (exact) mass is 273 g/mol. The van der Waals surface area contributed by atoms with Crippen molar-refractivity contribution in [2.24, 2.45) is 17.3 Å². The molecule has 1 aliphatic heterocycles. The molecule has 0 bridgehead atoms. The van der Waals surface area contributed by atoms with Crippen molar-refractivity contribution in [2.75, 3.05) is 0 Å². The predicted molar refractivity (Wildman–Crippen MR) is 69.4 cm³/mol. The highest BCUT2D eigenvalue weighted by atomic mass is 16.4. The van der Waals surface area contributed by atoms with Gasteiger partial charge in [0.25, 0.3) is 0 Å². The smallest absolute Gasteiger partial charge is 0.331 e. The van der Waals surface area contributed by atoms with Crippen LogP contribution in [0.2, 0.25) is 0 Å². The first kappa shape index (κ1) is 12.8. The Hall–Kier alpha value is -2.17. The molecule has 0 spiro atoms. The third-order valence-electron chi connectivity index (χ3n) is 4.44. The van der Waals surface area contributed by atoms with Crippen LogP contribution >= 0.6 is 0 Å². The van der Waals surface area contributed by atoms with Crippen LogP contribution in [0.1, 0.15) is 25.5 Å². The number of piperidine rings is 1. The highest BCUT2D eigenvalue weighted by Gasteiger charge is 2.73. The van der Waals surface area contributed by atoms with Gasteiger partial charge in [0.05, 0.1) is 11.8 Å². The van der Waals surface area contributed by atoms with Gasteiger partial charge in [0.15, 0.2) is 6.04 Å². The van der Waals surface area contributed by atoms with Gasteiger partial charge in [-0.1, -0.05) is 44.2 Å². The van der Waals surface area contributed by atoms with E-state index in [2.05, 4.69) is 0 Å². The summed E-state index contributed by atoms with van der Waals surface area (Å²) in [6.07, 6.45) is 0. The molecule has 1 aromatic carbocycles. The Kier molecular flexibility index (Phi) is 2.51. The number of rotatable bonds is 3. The molecule has 0 aromatic heterocycles. The molecule has 1 N–H and O–H groups in total. The normalized spacial score (nSPS) is 28.2. The predicted octanol–water partition coefficient (Wildman–Crippen LogP) is 1.45. The summed E-state index contributed by atoms with van der Waals surface area (Å²) in [7, 11) is 0. The maximum absolute atomic E-state index is 12.3. The number of hydrogen-bond donors (Lipinski definition) is 1. The molecule has 2 aliphatic rings. The first-order valence-corrected chi connectivity index (χ1v) is 6.52. The van der Waals surface area contributed by atoms with Crippen molar-refractivity contribution in [1.29, 1.82) is 0 Å². The average molecular weight is 273 g/mol. The summed E-state index contributed by atoms with van der Waals surface area (Å²) < 4.78 is 0. The van der Waals surface area contributed by atoms with Gasteiger partial charge in [-0.15, -0.1) is 0 Å². The van der Waals surface area contributed by atoms with E-state index in [9.17, 15) is 19.5 Å². The molecule has 2 amide bonds. The molecule has 5 nitrogen and oxygen atoms in total. The van der Waals surface area contributed by atoms with E-state index in [1.165, 1.54) is 0 Å². The Morgan fingerprint density at radius 1 is 1.15 bits per heavy atom. The number of aliphatic carboxylic acids is 1. The number of fused-ring (bicyclic) bond motifs is 1. The Morgan fingerprint density at radius 3 is 2.10 bits per heavy atom. The lowest BCUT2D eigenvalue weighted by atomic mass is 10.0. The lowest BCUT2D eigenvalue weighted by molar-refractivity contribution is -0.157. The summed E-state index contributed by atoms with van der Waals surface area (Å²) in [6, 6.07) is 7.17. The minimum Gasteiger partial charge on any atom is -0.479 e. The second-order valence-electron chi connectivity index (χ2n) is 5.97. The van der Waals surface area contributed by atoms with E-state index in [1.807, 2.05) is 13.8 Å². The number of amides is 2. The Bertz CT molecular complexity index is 584. The summed E-state index contributed by atoms with van der Waals surface area (Å²) in [5.74, 6) is -2.62. The highest BCUT2D eigenvalue weighted by Crippen LogP contribution is 2.64. The van der Waals surface area contributed by atoms with Gasteiger partial charge in [0.2, 0.25) is 11.8 Å². The molecule has 3 unspecified atom stereocenters. The topological polar surface area (TPSA) is 74.7 Å². The zero-order chi connectivity index (χ0) is 14.7. The zero-order valence-electron chi connectivity index (χ0n) is 11.2. The molecule has 1 heterocycles. The lowest BCUT2D eigenvalue weighted by Gasteiger charge is -2.26. The fourth-order valence-corrected chi connectivity index (χ4v) is 3.26. The van der Waals surface area contributed by atoms with Crippen LogP contribution in [0.5, 0.6) is 0 Å². The minimum absolute atomic E-state index is 0.329. The van der Waals surface area contributed by atoms with E-state index in [1.54, 1.807) is 30.3 Å². The Balaban J connectivity index is 1.98. The molecule has 104 valence electrons. The molecule has 3 rings (SSSR count). The first-order valence-electron chi connectivity index (χ1n) is 6.52. The van der Waals surface area contributed by atoms with Gasteiger partial charge in [-0.3, -0.25) is 14.5 Å². The van der Waals surface area contributed by atoms with Crippen molar-refractivity contribution in [3.05, 3.63) is 35.9 Å². The first-order chi connectivity index (χ1) is 9.37. The van der Waals surface area contributed by atoms with E-state index in [4.69, 9.17) is 0 Å².